The minimum atomic E-state index is -0.625. The topological polar surface area (TPSA) is 159 Å². The highest BCUT2D eigenvalue weighted by Gasteiger charge is 2.24. The Hall–Kier alpha value is -3.35. The predicted octanol–water partition coefficient (Wildman–Crippen LogP) is -1.79. The molecule has 2 aromatic rings. The van der Waals surface area contributed by atoms with Gasteiger partial charge in [-0.2, -0.15) is 12.6 Å². The second-order valence-corrected chi connectivity index (χ2v) is 8.04. The third-order valence-electron chi connectivity index (χ3n) is 5.08. The number of H-pyrrole nitrogens is 2. The quantitative estimate of drug-likeness (QED) is 0.294. The van der Waals surface area contributed by atoms with Crippen molar-refractivity contribution in [3.05, 3.63) is 65.2 Å². The molecule has 0 saturated carbocycles. The van der Waals surface area contributed by atoms with Crippen LogP contribution in [0.3, 0.4) is 0 Å². The zero-order valence-electron chi connectivity index (χ0n) is 18.7. The Bertz CT molecular complexity index is 1170. The maximum atomic E-state index is 13.2. The van der Waals surface area contributed by atoms with Crippen LogP contribution in [0.15, 0.2) is 31.6 Å². The predicted molar refractivity (Wildman–Crippen MR) is 125 cm³/mol. The summed E-state index contributed by atoms with van der Waals surface area (Å²) in [7, 11) is 0. The maximum Gasteiger partial charge on any atom is 0.328 e. The van der Waals surface area contributed by atoms with Gasteiger partial charge in [-0.1, -0.05) is 0 Å². The second kappa shape index (κ2) is 11.5. The lowest BCUT2D eigenvalue weighted by atomic mass is 10.1. The highest BCUT2D eigenvalue weighted by atomic mass is 32.1. The maximum absolute atomic E-state index is 13.2. The van der Waals surface area contributed by atoms with E-state index in [9.17, 15) is 28.8 Å². The fourth-order valence-electron chi connectivity index (χ4n) is 3.11. The first-order valence-electron chi connectivity index (χ1n) is 10.3. The van der Waals surface area contributed by atoms with Crippen molar-refractivity contribution >= 4 is 24.4 Å². The largest absolute Gasteiger partial charge is 0.356 e. The van der Waals surface area contributed by atoms with Crippen molar-refractivity contribution in [1.82, 2.24) is 29.3 Å². The molecule has 12 nitrogen and oxygen atoms in total. The molecule has 0 aliphatic carbocycles. The number of nitrogens with one attached hydrogen (secondary N) is 3. The van der Waals surface area contributed by atoms with Gasteiger partial charge in [0, 0.05) is 68.9 Å². The number of carbonyl (C=O) groups excluding carboxylic acids is 2. The number of aryl methyl sites for hydroxylation is 2. The molecule has 0 radical (unpaired) electrons. The van der Waals surface area contributed by atoms with Crippen LogP contribution in [0.2, 0.25) is 0 Å². The minimum absolute atomic E-state index is 0.0869. The Labute approximate surface area is 194 Å². The number of nitrogens with zero attached hydrogens (tertiary/aromatic N) is 3. The van der Waals surface area contributed by atoms with Gasteiger partial charge in [-0.3, -0.25) is 38.3 Å². The number of aromatic nitrogens is 4. The molecule has 2 heterocycles. The van der Waals surface area contributed by atoms with E-state index in [1.54, 1.807) is 13.8 Å². The molecule has 2 amide bonds. The molecule has 0 aliphatic heterocycles. The van der Waals surface area contributed by atoms with Gasteiger partial charge in [-0.05, 0) is 13.8 Å². The SMILES string of the molecule is CC(=O)NCC(CS)C(=O)N(CCn1cc(C)c(=O)[nH]c1=O)CCn1cc(C)c(=O)[nH]c1=O. The molecule has 2 aromatic heterocycles. The first kappa shape index (κ1) is 25.9. The van der Waals surface area contributed by atoms with Crippen molar-refractivity contribution in [3.63, 3.8) is 0 Å². The second-order valence-electron chi connectivity index (χ2n) is 7.67. The summed E-state index contributed by atoms with van der Waals surface area (Å²) in [6.45, 7) is 4.96. The molecule has 0 aromatic carbocycles. The molecule has 13 heteroatoms. The van der Waals surface area contributed by atoms with Crippen LogP contribution < -0.4 is 27.8 Å². The fraction of sp³-hybridized carbons (Fsp3) is 0.500. The van der Waals surface area contributed by atoms with E-state index >= 15 is 0 Å². The average molecular weight is 481 g/mol. The van der Waals surface area contributed by atoms with Crippen molar-refractivity contribution in [1.29, 1.82) is 0 Å². The molecule has 0 fully saturated rings. The van der Waals surface area contributed by atoms with E-state index in [2.05, 4.69) is 27.9 Å². The zero-order chi connectivity index (χ0) is 24.7. The summed E-state index contributed by atoms with van der Waals surface area (Å²) in [4.78, 5) is 77.7. The van der Waals surface area contributed by atoms with Gasteiger partial charge in [-0.25, -0.2) is 9.59 Å². The van der Waals surface area contributed by atoms with Crippen LogP contribution >= 0.6 is 12.6 Å². The summed E-state index contributed by atoms with van der Waals surface area (Å²) >= 11 is 4.22. The Kier molecular flexibility index (Phi) is 9.02. The summed E-state index contributed by atoms with van der Waals surface area (Å²) in [5.41, 5.74) is -1.47. The van der Waals surface area contributed by atoms with Gasteiger partial charge >= 0.3 is 11.4 Å². The number of rotatable bonds is 10. The molecule has 180 valence electrons. The molecule has 3 N–H and O–H groups in total. The molecular formula is C20H28N6O6S. The van der Waals surface area contributed by atoms with Crippen molar-refractivity contribution in [2.24, 2.45) is 5.92 Å². The molecule has 0 spiro atoms. The third-order valence-corrected chi connectivity index (χ3v) is 5.52. The van der Waals surface area contributed by atoms with E-state index in [1.165, 1.54) is 33.4 Å². The molecular weight excluding hydrogens is 452 g/mol. The van der Waals surface area contributed by atoms with Gasteiger partial charge in [0.2, 0.25) is 11.8 Å². The Morgan fingerprint density at radius 1 is 0.970 bits per heavy atom. The van der Waals surface area contributed by atoms with Crippen molar-refractivity contribution < 1.29 is 9.59 Å². The zero-order valence-corrected chi connectivity index (χ0v) is 19.6. The van der Waals surface area contributed by atoms with Crippen LogP contribution in [0.1, 0.15) is 18.1 Å². The number of aromatic amines is 2. The molecule has 1 unspecified atom stereocenters. The monoisotopic (exact) mass is 480 g/mol. The smallest absolute Gasteiger partial charge is 0.328 e. The number of thiol groups is 1. The summed E-state index contributed by atoms with van der Waals surface area (Å²) in [5.74, 6) is -1.06. The van der Waals surface area contributed by atoms with Gasteiger partial charge in [0.05, 0.1) is 5.92 Å². The highest BCUT2D eigenvalue weighted by Crippen LogP contribution is 2.06. The molecule has 2 rings (SSSR count). The lowest BCUT2D eigenvalue weighted by Gasteiger charge is -2.27. The number of hydrogen-bond donors (Lipinski definition) is 4. The number of hydrogen-bond acceptors (Lipinski definition) is 7. The van der Waals surface area contributed by atoms with Gasteiger partial charge in [0.1, 0.15) is 0 Å². The first-order chi connectivity index (χ1) is 15.5. The van der Waals surface area contributed by atoms with Crippen LogP contribution in [0.25, 0.3) is 0 Å². The lowest BCUT2D eigenvalue weighted by molar-refractivity contribution is -0.135. The lowest BCUT2D eigenvalue weighted by Crippen LogP contribution is -2.46. The standard InChI is InChI=1S/C20H28N6O6S/c1-12-9-25(19(31)22-16(12)28)6-4-24(18(30)15(11-33)8-21-14(3)27)5-7-26-10-13(2)17(29)23-20(26)32/h9-10,15,33H,4-8,11H2,1-3H3,(H,21,27)(H,22,28,31)(H,23,29,32). The first-order valence-corrected chi connectivity index (χ1v) is 10.9. The Balaban J connectivity index is 2.26. The van der Waals surface area contributed by atoms with Crippen LogP contribution in [-0.4, -0.2) is 61.2 Å². The number of carbonyl (C=O) groups is 2. The Morgan fingerprint density at radius 2 is 1.42 bits per heavy atom. The van der Waals surface area contributed by atoms with Gasteiger partial charge in [-0.15, -0.1) is 0 Å². The summed E-state index contributed by atoms with van der Waals surface area (Å²) in [6, 6.07) is 0. The van der Waals surface area contributed by atoms with Crippen LogP contribution in [0.5, 0.6) is 0 Å². The fourth-order valence-corrected chi connectivity index (χ4v) is 3.40. The summed E-state index contributed by atoms with van der Waals surface area (Å²) < 4.78 is 2.58. The molecule has 0 bridgehead atoms. The number of amides is 2. The van der Waals surface area contributed by atoms with E-state index in [-0.39, 0.29) is 50.3 Å². The van der Waals surface area contributed by atoms with Gasteiger partial charge in [0.15, 0.2) is 0 Å². The van der Waals surface area contributed by atoms with E-state index in [1.807, 2.05) is 0 Å². The van der Waals surface area contributed by atoms with Crippen LogP contribution in [-0.2, 0) is 22.7 Å². The van der Waals surface area contributed by atoms with Crippen molar-refractivity contribution in [2.45, 2.75) is 33.9 Å². The Morgan fingerprint density at radius 3 is 1.82 bits per heavy atom. The summed E-state index contributed by atoms with van der Waals surface area (Å²) in [6.07, 6.45) is 2.82. The molecule has 0 saturated heterocycles. The van der Waals surface area contributed by atoms with Gasteiger partial charge < -0.3 is 10.2 Å². The van der Waals surface area contributed by atoms with Crippen LogP contribution in [0, 0.1) is 19.8 Å². The van der Waals surface area contributed by atoms with Crippen LogP contribution in [0.4, 0.5) is 0 Å². The van der Waals surface area contributed by atoms with Crippen molar-refractivity contribution in [3.8, 4) is 0 Å². The van der Waals surface area contributed by atoms with E-state index in [0.29, 0.717) is 11.1 Å². The van der Waals surface area contributed by atoms with Gasteiger partial charge in [0.25, 0.3) is 11.1 Å². The summed E-state index contributed by atoms with van der Waals surface area (Å²) in [5, 5.41) is 2.60. The van der Waals surface area contributed by atoms with E-state index in [4.69, 9.17) is 0 Å². The minimum Gasteiger partial charge on any atom is -0.356 e. The normalized spacial score (nSPS) is 11.8. The third kappa shape index (κ3) is 7.07. The van der Waals surface area contributed by atoms with Crippen molar-refractivity contribution in [2.75, 3.05) is 25.4 Å². The highest BCUT2D eigenvalue weighted by molar-refractivity contribution is 7.80. The average Bonchev–Trinajstić information content (AvgIpc) is 2.74. The molecule has 33 heavy (non-hydrogen) atoms. The molecule has 0 aliphatic rings. The van der Waals surface area contributed by atoms with E-state index in [0.717, 1.165) is 0 Å². The van der Waals surface area contributed by atoms with E-state index < -0.39 is 28.4 Å². The molecule has 1 atom stereocenters.